The van der Waals surface area contributed by atoms with Gasteiger partial charge in [-0.2, -0.15) is 13.2 Å². The lowest BCUT2D eigenvalue weighted by atomic mass is 10.1. The summed E-state index contributed by atoms with van der Waals surface area (Å²) in [7, 11) is 1.26. The molecule has 0 radical (unpaired) electrons. The predicted octanol–water partition coefficient (Wildman–Crippen LogP) is 5.26. The van der Waals surface area contributed by atoms with Crippen molar-refractivity contribution in [3.8, 4) is 0 Å². The molecule has 4 nitrogen and oxygen atoms in total. The van der Waals surface area contributed by atoms with Gasteiger partial charge in [0.25, 0.3) is 5.91 Å². The Hall–Kier alpha value is -2.19. The zero-order valence-corrected chi connectivity index (χ0v) is 15.8. The molecular weight excluding hydrogens is 403 g/mol. The molecule has 0 heterocycles. The van der Waals surface area contributed by atoms with Gasteiger partial charge in [-0.15, -0.1) is 11.8 Å². The number of rotatable bonds is 5. The Bertz CT molecular complexity index is 858. The fourth-order valence-corrected chi connectivity index (χ4v) is 3.42. The summed E-state index contributed by atoms with van der Waals surface area (Å²) >= 11 is 6.70. The minimum atomic E-state index is -4.64. The maximum Gasteiger partial charge on any atom is 0.417 e. The van der Waals surface area contributed by atoms with Crippen molar-refractivity contribution in [1.82, 2.24) is 0 Å². The van der Waals surface area contributed by atoms with E-state index in [1.54, 1.807) is 25.1 Å². The van der Waals surface area contributed by atoms with E-state index in [4.69, 9.17) is 11.6 Å². The number of methoxy groups -OCH3 is 1. The van der Waals surface area contributed by atoms with Crippen molar-refractivity contribution in [2.45, 2.75) is 23.2 Å². The molecule has 0 saturated carbocycles. The zero-order valence-electron chi connectivity index (χ0n) is 14.3. The van der Waals surface area contributed by atoms with Crippen LogP contribution in [-0.4, -0.2) is 24.2 Å². The molecule has 0 bridgehead atoms. The Morgan fingerprint density at radius 2 is 1.85 bits per heavy atom. The molecule has 1 amide bonds. The first-order valence-electron chi connectivity index (χ1n) is 7.65. The van der Waals surface area contributed by atoms with Gasteiger partial charge in [0.1, 0.15) is 5.25 Å². The molecule has 27 heavy (non-hydrogen) atoms. The number of esters is 1. The van der Waals surface area contributed by atoms with Crippen LogP contribution in [0.4, 0.5) is 18.9 Å². The van der Waals surface area contributed by atoms with E-state index in [1.807, 2.05) is 0 Å². The number of thioether (sulfide) groups is 1. The maximum absolute atomic E-state index is 13.0. The van der Waals surface area contributed by atoms with Gasteiger partial charge < -0.3 is 10.1 Å². The summed E-state index contributed by atoms with van der Waals surface area (Å²) in [6, 6.07) is 9.58. The largest absolute Gasteiger partial charge is 0.468 e. The van der Waals surface area contributed by atoms with Crippen molar-refractivity contribution < 1.29 is 27.5 Å². The van der Waals surface area contributed by atoms with Gasteiger partial charge in [-0.25, -0.2) is 0 Å². The summed E-state index contributed by atoms with van der Waals surface area (Å²) in [6.45, 7) is 1.62. The molecule has 0 saturated heterocycles. The summed E-state index contributed by atoms with van der Waals surface area (Å²) in [5.41, 5.74) is -0.858. The van der Waals surface area contributed by atoms with Crippen LogP contribution in [0, 0.1) is 0 Å². The van der Waals surface area contributed by atoms with E-state index in [1.165, 1.54) is 19.2 Å². The molecule has 0 aromatic heterocycles. The van der Waals surface area contributed by atoms with Gasteiger partial charge in [-0.1, -0.05) is 23.7 Å². The van der Waals surface area contributed by atoms with Crippen molar-refractivity contribution in [3.63, 3.8) is 0 Å². The number of hydrogen-bond donors (Lipinski definition) is 1. The van der Waals surface area contributed by atoms with Crippen LogP contribution >= 0.6 is 23.4 Å². The Kier molecular flexibility index (Phi) is 6.78. The number of halogens is 4. The molecule has 1 unspecified atom stereocenters. The number of amides is 1. The van der Waals surface area contributed by atoms with Crippen molar-refractivity contribution >= 4 is 40.9 Å². The van der Waals surface area contributed by atoms with E-state index in [2.05, 4.69) is 10.1 Å². The number of alkyl halides is 3. The average Bonchev–Trinajstić information content (AvgIpc) is 2.62. The van der Waals surface area contributed by atoms with Crippen molar-refractivity contribution in [2.75, 3.05) is 12.4 Å². The van der Waals surface area contributed by atoms with Gasteiger partial charge in [0.15, 0.2) is 0 Å². The minimum Gasteiger partial charge on any atom is -0.468 e. The summed E-state index contributed by atoms with van der Waals surface area (Å²) in [5.74, 6) is -1.06. The molecule has 0 aliphatic heterocycles. The van der Waals surface area contributed by atoms with Crippen LogP contribution in [-0.2, 0) is 15.7 Å². The molecule has 2 rings (SSSR count). The third kappa shape index (κ3) is 5.40. The van der Waals surface area contributed by atoms with E-state index < -0.39 is 33.9 Å². The number of ether oxygens (including phenoxy) is 1. The summed E-state index contributed by atoms with van der Waals surface area (Å²) in [6.07, 6.45) is -4.64. The van der Waals surface area contributed by atoms with Gasteiger partial charge in [0.2, 0.25) is 0 Å². The molecule has 0 aliphatic carbocycles. The highest BCUT2D eigenvalue weighted by Gasteiger charge is 2.33. The number of carbonyl (C=O) groups is 2. The molecule has 0 aliphatic rings. The predicted molar refractivity (Wildman–Crippen MR) is 98.2 cm³/mol. The van der Waals surface area contributed by atoms with E-state index in [-0.39, 0.29) is 11.3 Å². The summed E-state index contributed by atoms with van der Waals surface area (Å²) in [4.78, 5) is 24.6. The second kappa shape index (κ2) is 8.67. The lowest BCUT2D eigenvalue weighted by Crippen LogP contribution is -2.17. The third-order valence-electron chi connectivity index (χ3n) is 3.50. The lowest BCUT2D eigenvalue weighted by Gasteiger charge is -2.14. The molecule has 0 spiro atoms. The Morgan fingerprint density at radius 3 is 2.48 bits per heavy atom. The summed E-state index contributed by atoms with van der Waals surface area (Å²) < 4.78 is 43.5. The first-order chi connectivity index (χ1) is 12.6. The van der Waals surface area contributed by atoms with Crippen LogP contribution in [0.2, 0.25) is 5.02 Å². The molecule has 2 aromatic rings. The lowest BCUT2D eigenvalue weighted by molar-refractivity contribution is -0.139. The number of nitrogens with one attached hydrogen (secondary N) is 1. The normalized spacial score (nSPS) is 12.4. The number of benzene rings is 2. The highest BCUT2D eigenvalue weighted by Crippen LogP contribution is 2.36. The fourth-order valence-electron chi connectivity index (χ4n) is 2.18. The maximum atomic E-state index is 13.0. The number of anilines is 1. The molecule has 9 heteroatoms. The second-order valence-corrected chi connectivity index (χ2v) is 7.22. The van der Waals surface area contributed by atoms with Gasteiger partial charge in [-0.3, -0.25) is 9.59 Å². The van der Waals surface area contributed by atoms with Gasteiger partial charge in [-0.05, 0) is 37.3 Å². The SMILES string of the molecule is COC(=O)C(C)Sc1ccccc1C(=O)Nc1ccc(Cl)c(C(F)(F)F)c1. The highest BCUT2D eigenvalue weighted by atomic mass is 35.5. The quantitative estimate of drug-likeness (QED) is 0.532. The first-order valence-corrected chi connectivity index (χ1v) is 8.91. The summed E-state index contributed by atoms with van der Waals surface area (Å²) in [5, 5.41) is 1.41. The Labute approximate surface area is 163 Å². The fraction of sp³-hybridized carbons (Fsp3) is 0.222. The van der Waals surface area contributed by atoms with Gasteiger partial charge >= 0.3 is 12.1 Å². The highest BCUT2D eigenvalue weighted by molar-refractivity contribution is 8.00. The van der Waals surface area contributed by atoms with Crippen LogP contribution < -0.4 is 5.32 Å². The van der Waals surface area contributed by atoms with Gasteiger partial charge in [0, 0.05) is 10.6 Å². The minimum absolute atomic E-state index is 0.0439. The van der Waals surface area contributed by atoms with Crippen LogP contribution in [0.1, 0.15) is 22.8 Å². The second-order valence-electron chi connectivity index (χ2n) is 5.43. The van der Waals surface area contributed by atoms with E-state index in [0.717, 1.165) is 23.9 Å². The average molecular weight is 418 g/mol. The van der Waals surface area contributed by atoms with Crippen LogP contribution in [0.25, 0.3) is 0 Å². The van der Waals surface area contributed by atoms with Crippen molar-refractivity contribution in [2.24, 2.45) is 0 Å². The topological polar surface area (TPSA) is 55.4 Å². The molecule has 1 atom stereocenters. The molecular formula is C18H15ClF3NO3S. The number of carbonyl (C=O) groups excluding carboxylic acids is 2. The number of hydrogen-bond acceptors (Lipinski definition) is 4. The monoisotopic (exact) mass is 417 g/mol. The Morgan fingerprint density at radius 1 is 1.19 bits per heavy atom. The van der Waals surface area contributed by atoms with E-state index in [0.29, 0.717) is 4.90 Å². The zero-order chi connectivity index (χ0) is 20.2. The van der Waals surface area contributed by atoms with Crippen LogP contribution in [0.15, 0.2) is 47.4 Å². The standard InChI is InChI=1S/C18H15ClF3NO3S/c1-10(17(25)26-2)27-15-6-4-3-5-12(15)16(24)23-11-7-8-14(19)13(9-11)18(20,21)22/h3-10H,1-2H3,(H,23,24). The smallest absolute Gasteiger partial charge is 0.417 e. The van der Waals surface area contributed by atoms with Crippen LogP contribution in [0.3, 0.4) is 0 Å². The van der Waals surface area contributed by atoms with E-state index >= 15 is 0 Å². The van der Waals surface area contributed by atoms with Crippen LogP contribution in [0.5, 0.6) is 0 Å². The van der Waals surface area contributed by atoms with E-state index in [9.17, 15) is 22.8 Å². The van der Waals surface area contributed by atoms with Gasteiger partial charge in [0.05, 0.1) is 23.3 Å². The van der Waals surface area contributed by atoms with Crippen molar-refractivity contribution in [1.29, 1.82) is 0 Å². The Balaban J connectivity index is 2.26. The van der Waals surface area contributed by atoms with Crippen molar-refractivity contribution in [3.05, 3.63) is 58.6 Å². The molecule has 1 N–H and O–H groups in total. The first kappa shape index (κ1) is 21.1. The molecule has 2 aromatic carbocycles. The molecule has 144 valence electrons. The third-order valence-corrected chi connectivity index (χ3v) is 4.98. The molecule has 0 fully saturated rings.